The molecular formula is C26H35N5O2. The summed E-state index contributed by atoms with van der Waals surface area (Å²) in [4.78, 5) is 22.8. The Balaban J connectivity index is 1.74. The molecule has 33 heavy (non-hydrogen) atoms. The molecule has 176 valence electrons. The van der Waals surface area contributed by atoms with Gasteiger partial charge in [-0.1, -0.05) is 19.1 Å². The van der Waals surface area contributed by atoms with E-state index in [4.69, 9.17) is 9.72 Å². The predicted molar refractivity (Wildman–Crippen MR) is 132 cm³/mol. The van der Waals surface area contributed by atoms with Crippen molar-refractivity contribution in [1.29, 1.82) is 0 Å². The number of rotatable bonds is 7. The van der Waals surface area contributed by atoms with Crippen LogP contribution in [-0.2, 0) is 11.3 Å². The topological polar surface area (TPSA) is 74.0 Å². The van der Waals surface area contributed by atoms with Crippen molar-refractivity contribution in [3.8, 4) is 17.1 Å². The Bertz CT molecular complexity index is 1160. The van der Waals surface area contributed by atoms with Crippen LogP contribution in [0.1, 0.15) is 52.0 Å². The van der Waals surface area contributed by atoms with Crippen molar-refractivity contribution in [1.82, 2.24) is 19.1 Å². The van der Waals surface area contributed by atoms with Gasteiger partial charge in [0, 0.05) is 25.5 Å². The second-order valence-electron chi connectivity index (χ2n) is 9.93. The van der Waals surface area contributed by atoms with E-state index in [2.05, 4.69) is 17.2 Å². The van der Waals surface area contributed by atoms with Gasteiger partial charge in [-0.25, -0.2) is 14.8 Å². The van der Waals surface area contributed by atoms with Gasteiger partial charge in [-0.15, -0.1) is 0 Å². The third-order valence-corrected chi connectivity index (χ3v) is 6.59. The van der Waals surface area contributed by atoms with E-state index in [-0.39, 0.29) is 5.69 Å². The molecule has 0 unspecified atom stereocenters. The highest BCUT2D eigenvalue weighted by molar-refractivity contribution is 5.59. The quantitative estimate of drug-likeness (QED) is 0.560. The Morgan fingerprint density at radius 2 is 1.94 bits per heavy atom. The molecule has 3 aromatic rings. The molecule has 0 spiro atoms. The minimum Gasteiger partial charge on any atom is -0.377 e. The summed E-state index contributed by atoms with van der Waals surface area (Å²) in [6.07, 6.45) is 8.35. The molecule has 1 N–H and O–H groups in total. The van der Waals surface area contributed by atoms with E-state index in [0.717, 1.165) is 35.7 Å². The highest BCUT2D eigenvalue weighted by atomic mass is 16.5. The minimum atomic E-state index is -0.476. The Morgan fingerprint density at radius 3 is 2.64 bits per heavy atom. The van der Waals surface area contributed by atoms with Crippen molar-refractivity contribution in [2.45, 2.75) is 71.6 Å². The van der Waals surface area contributed by atoms with Crippen LogP contribution in [0.25, 0.3) is 17.1 Å². The molecule has 1 saturated carbocycles. The number of anilines is 1. The van der Waals surface area contributed by atoms with Gasteiger partial charge in [-0.3, -0.25) is 9.13 Å². The number of hydrogen-bond acceptors (Lipinski definition) is 5. The first-order valence-corrected chi connectivity index (χ1v) is 11.8. The smallest absolute Gasteiger partial charge is 0.333 e. The van der Waals surface area contributed by atoms with Gasteiger partial charge in [-0.05, 0) is 76.1 Å². The van der Waals surface area contributed by atoms with E-state index in [1.807, 2.05) is 57.3 Å². The van der Waals surface area contributed by atoms with Crippen molar-refractivity contribution >= 4 is 5.95 Å². The van der Waals surface area contributed by atoms with Crippen LogP contribution < -0.4 is 11.0 Å². The standard InChI is InChI=1S/C26H35N5O2/c1-18-9-11-20(12-10-18)28-24-27-14-13-22(29-24)23-16-30(17-26(3,4)33-5)25(32)31(23)21-8-6-7-19(2)15-21/h6-8,13-16,18,20H,9-12,17H2,1-5H3,(H,27,28,29)/t18-,20-. The van der Waals surface area contributed by atoms with Crippen molar-refractivity contribution in [3.05, 3.63) is 58.8 Å². The van der Waals surface area contributed by atoms with Gasteiger partial charge in [0.2, 0.25) is 5.95 Å². The Kier molecular flexibility index (Phi) is 6.70. The largest absolute Gasteiger partial charge is 0.377 e. The summed E-state index contributed by atoms with van der Waals surface area (Å²) in [5.74, 6) is 1.40. The first-order valence-electron chi connectivity index (χ1n) is 11.8. The molecule has 1 aromatic carbocycles. The molecule has 2 aromatic heterocycles. The third-order valence-electron chi connectivity index (χ3n) is 6.59. The van der Waals surface area contributed by atoms with E-state index in [1.165, 1.54) is 12.8 Å². The van der Waals surface area contributed by atoms with E-state index in [9.17, 15) is 4.79 Å². The normalized spacial score (nSPS) is 18.9. The second kappa shape index (κ2) is 9.51. The van der Waals surface area contributed by atoms with Gasteiger partial charge >= 0.3 is 5.69 Å². The highest BCUT2D eigenvalue weighted by Gasteiger charge is 2.23. The fourth-order valence-corrected chi connectivity index (χ4v) is 4.44. The molecule has 0 saturated heterocycles. The van der Waals surface area contributed by atoms with Crippen LogP contribution in [-0.4, -0.2) is 37.9 Å². The van der Waals surface area contributed by atoms with E-state index in [0.29, 0.717) is 24.2 Å². The number of ether oxygens (including phenoxy) is 1. The van der Waals surface area contributed by atoms with Crippen molar-refractivity contribution in [2.24, 2.45) is 5.92 Å². The lowest BCUT2D eigenvalue weighted by molar-refractivity contribution is 0.00739. The fourth-order valence-electron chi connectivity index (χ4n) is 4.44. The molecule has 0 aliphatic heterocycles. The number of benzene rings is 1. The van der Waals surface area contributed by atoms with Crippen molar-refractivity contribution < 1.29 is 4.74 Å². The van der Waals surface area contributed by atoms with Gasteiger partial charge in [0.15, 0.2) is 0 Å². The number of hydrogen-bond donors (Lipinski definition) is 1. The van der Waals surface area contributed by atoms with Crippen LogP contribution in [0.5, 0.6) is 0 Å². The van der Waals surface area contributed by atoms with Crippen LogP contribution in [0, 0.1) is 12.8 Å². The molecule has 0 atom stereocenters. The molecular weight excluding hydrogens is 414 g/mol. The molecule has 2 heterocycles. The van der Waals surface area contributed by atoms with Gasteiger partial charge in [0.05, 0.1) is 29.2 Å². The number of imidazole rings is 1. The van der Waals surface area contributed by atoms with Gasteiger partial charge in [0.1, 0.15) is 0 Å². The molecule has 1 aliphatic carbocycles. The summed E-state index contributed by atoms with van der Waals surface area (Å²) in [7, 11) is 1.66. The summed E-state index contributed by atoms with van der Waals surface area (Å²) in [6, 6.07) is 10.2. The maximum atomic E-state index is 13.5. The lowest BCUT2D eigenvalue weighted by Crippen LogP contribution is -2.34. The number of nitrogens with zero attached hydrogens (tertiary/aromatic N) is 4. The van der Waals surface area contributed by atoms with E-state index < -0.39 is 5.60 Å². The lowest BCUT2D eigenvalue weighted by Gasteiger charge is -2.26. The monoisotopic (exact) mass is 449 g/mol. The maximum Gasteiger partial charge on any atom is 0.333 e. The zero-order chi connectivity index (χ0) is 23.6. The molecule has 0 bridgehead atoms. The summed E-state index contributed by atoms with van der Waals surface area (Å²) in [5, 5.41) is 3.51. The number of aryl methyl sites for hydroxylation is 1. The molecule has 7 heteroatoms. The van der Waals surface area contributed by atoms with Crippen LogP contribution in [0.4, 0.5) is 5.95 Å². The first-order chi connectivity index (χ1) is 15.8. The number of methoxy groups -OCH3 is 1. The molecule has 0 amide bonds. The van der Waals surface area contributed by atoms with Crippen molar-refractivity contribution in [2.75, 3.05) is 12.4 Å². The fraction of sp³-hybridized carbons (Fsp3) is 0.500. The molecule has 1 aliphatic rings. The molecule has 7 nitrogen and oxygen atoms in total. The molecule has 0 radical (unpaired) electrons. The second-order valence-corrected chi connectivity index (χ2v) is 9.93. The van der Waals surface area contributed by atoms with Crippen LogP contribution in [0.3, 0.4) is 0 Å². The predicted octanol–water partition coefficient (Wildman–Crippen LogP) is 4.82. The van der Waals surface area contributed by atoms with E-state index >= 15 is 0 Å². The lowest BCUT2D eigenvalue weighted by atomic mass is 9.87. The van der Waals surface area contributed by atoms with Crippen LogP contribution >= 0.6 is 0 Å². The Hall–Kier alpha value is -2.93. The SMILES string of the molecule is COC(C)(C)Cn1cc(-c2ccnc(N[C@H]3CC[C@H](C)CC3)n2)n(-c2cccc(C)c2)c1=O. The zero-order valence-corrected chi connectivity index (χ0v) is 20.3. The first kappa shape index (κ1) is 23.2. The average molecular weight is 450 g/mol. The van der Waals surface area contributed by atoms with Crippen LogP contribution in [0.15, 0.2) is 47.5 Å². The summed E-state index contributed by atoms with van der Waals surface area (Å²) >= 11 is 0. The van der Waals surface area contributed by atoms with Crippen molar-refractivity contribution in [3.63, 3.8) is 0 Å². The van der Waals surface area contributed by atoms with Gasteiger partial charge in [0.25, 0.3) is 0 Å². The summed E-state index contributed by atoms with van der Waals surface area (Å²) < 4.78 is 9.02. The Morgan fingerprint density at radius 1 is 1.18 bits per heavy atom. The molecule has 1 fully saturated rings. The maximum absolute atomic E-state index is 13.5. The van der Waals surface area contributed by atoms with E-state index in [1.54, 1.807) is 22.4 Å². The van der Waals surface area contributed by atoms with Gasteiger partial charge in [-0.2, -0.15) is 0 Å². The third kappa shape index (κ3) is 5.36. The number of aromatic nitrogens is 4. The number of nitrogens with one attached hydrogen (secondary N) is 1. The van der Waals surface area contributed by atoms with Gasteiger partial charge < -0.3 is 10.1 Å². The summed E-state index contributed by atoms with van der Waals surface area (Å²) in [5.41, 5.74) is 2.76. The average Bonchev–Trinajstić information content (AvgIpc) is 3.11. The Labute approximate surface area is 195 Å². The van der Waals surface area contributed by atoms with Crippen LogP contribution in [0.2, 0.25) is 0 Å². The molecule has 4 rings (SSSR count). The highest BCUT2D eigenvalue weighted by Crippen LogP contribution is 2.26. The summed E-state index contributed by atoms with van der Waals surface area (Å²) in [6.45, 7) is 8.72. The zero-order valence-electron chi connectivity index (χ0n) is 20.3. The minimum absolute atomic E-state index is 0.116.